The first-order chi connectivity index (χ1) is 9.26. The number of piperidine rings is 2. The maximum Gasteiger partial charge on any atom is 0.0805 e. The number of hydrogen-bond acceptors (Lipinski definition) is 3. The van der Waals surface area contributed by atoms with Crippen LogP contribution in [0.1, 0.15) is 58.3 Å². The first kappa shape index (κ1) is 13.8. The van der Waals surface area contributed by atoms with Crippen LogP contribution in [0.4, 0.5) is 0 Å². The highest BCUT2D eigenvalue weighted by molar-refractivity contribution is 5.00. The lowest BCUT2D eigenvalue weighted by atomic mass is 9.75. The fourth-order valence-electron chi connectivity index (χ4n) is 4.52. The SMILES string of the molecule is CCNC1CC2CCCC(C1)N2CC1(OC)CCC1. The van der Waals surface area contributed by atoms with Crippen molar-refractivity contribution >= 4 is 0 Å². The summed E-state index contributed by atoms with van der Waals surface area (Å²) in [5.74, 6) is 0. The van der Waals surface area contributed by atoms with Gasteiger partial charge in [-0.1, -0.05) is 13.3 Å². The van der Waals surface area contributed by atoms with Gasteiger partial charge in [-0.05, 0) is 51.5 Å². The summed E-state index contributed by atoms with van der Waals surface area (Å²) < 4.78 is 5.86. The molecule has 0 aromatic rings. The summed E-state index contributed by atoms with van der Waals surface area (Å²) in [6.45, 7) is 4.54. The van der Waals surface area contributed by atoms with E-state index in [1.54, 1.807) is 0 Å². The molecule has 1 saturated carbocycles. The topological polar surface area (TPSA) is 24.5 Å². The fraction of sp³-hybridized carbons (Fsp3) is 1.00. The number of methoxy groups -OCH3 is 1. The smallest absolute Gasteiger partial charge is 0.0805 e. The van der Waals surface area contributed by atoms with E-state index in [0.717, 1.165) is 24.7 Å². The molecule has 2 bridgehead atoms. The standard InChI is InChI=1S/C16H30N2O/c1-3-17-13-10-14-6-4-7-15(11-13)18(14)12-16(19-2)8-5-9-16/h13-15,17H,3-12H2,1-2H3. The maximum absolute atomic E-state index is 5.86. The highest BCUT2D eigenvalue weighted by Crippen LogP contribution is 2.41. The van der Waals surface area contributed by atoms with Gasteiger partial charge >= 0.3 is 0 Å². The van der Waals surface area contributed by atoms with Gasteiger partial charge in [0, 0.05) is 31.8 Å². The first-order valence-electron chi connectivity index (χ1n) is 8.30. The van der Waals surface area contributed by atoms with Crippen molar-refractivity contribution in [3.63, 3.8) is 0 Å². The van der Waals surface area contributed by atoms with E-state index in [0.29, 0.717) is 0 Å². The van der Waals surface area contributed by atoms with Crippen molar-refractivity contribution in [3.05, 3.63) is 0 Å². The molecule has 110 valence electrons. The molecule has 1 N–H and O–H groups in total. The summed E-state index contributed by atoms with van der Waals surface area (Å²) in [5.41, 5.74) is 0.207. The van der Waals surface area contributed by atoms with Gasteiger partial charge in [0.25, 0.3) is 0 Å². The van der Waals surface area contributed by atoms with E-state index in [1.807, 2.05) is 7.11 Å². The molecule has 0 radical (unpaired) electrons. The van der Waals surface area contributed by atoms with Crippen LogP contribution in [0.5, 0.6) is 0 Å². The van der Waals surface area contributed by atoms with Crippen molar-refractivity contribution < 1.29 is 4.74 Å². The summed E-state index contributed by atoms with van der Waals surface area (Å²) in [4.78, 5) is 2.82. The summed E-state index contributed by atoms with van der Waals surface area (Å²) in [6.07, 6.45) is 10.8. The maximum atomic E-state index is 5.86. The van der Waals surface area contributed by atoms with Crippen molar-refractivity contribution in [3.8, 4) is 0 Å². The van der Waals surface area contributed by atoms with Crippen LogP contribution in [0.25, 0.3) is 0 Å². The highest BCUT2D eigenvalue weighted by Gasteiger charge is 2.45. The molecular formula is C16H30N2O. The third-order valence-corrected chi connectivity index (χ3v) is 5.79. The Kier molecular flexibility index (Phi) is 4.16. The lowest BCUT2D eigenvalue weighted by Crippen LogP contribution is -2.61. The quantitative estimate of drug-likeness (QED) is 0.827. The van der Waals surface area contributed by atoms with E-state index in [9.17, 15) is 0 Å². The van der Waals surface area contributed by atoms with Gasteiger partial charge < -0.3 is 10.1 Å². The zero-order valence-corrected chi connectivity index (χ0v) is 12.7. The van der Waals surface area contributed by atoms with Crippen molar-refractivity contribution in [1.82, 2.24) is 10.2 Å². The van der Waals surface area contributed by atoms with Crippen LogP contribution in [-0.4, -0.2) is 48.8 Å². The minimum Gasteiger partial charge on any atom is -0.377 e. The summed E-state index contributed by atoms with van der Waals surface area (Å²) in [7, 11) is 1.92. The largest absolute Gasteiger partial charge is 0.377 e. The van der Waals surface area contributed by atoms with Gasteiger partial charge in [0.15, 0.2) is 0 Å². The Bertz CT molecular complexity index is 284. The van der Waals surface area contributed by atoms with Gasteiger partial charge in [-0.3, -0.25) is 4.90 Å². The van der Waals surface area contributed by atoms with E-state index in [-0.39, 0.29) is 5.60 Å². The molecule has 3 rings (SSSR count). The predicted molar refractivity (Wildman–Crippen MR) is 78.4 cm³/mol. The molecule has 0 aromatic heterocycles. The minimum absolute atomic E-state index is 0.207. The van der Waals surface area contributed by atoms with Crippen molar-refractivity contribution in [1.29, 1.82) is 0 Å². The van der Waals surface area contributed by atoms with Crippen molar-refractivity contribution in [2.45, 2.75) is 82.0 Å². The molecule has 0 spiro atoms. The molecule has 1 aliphatic carbocycles. The number of rotatable bonds is 5. The highest BCUT2D eigenvalue weighted by atomic mass is 16.5. The zero-order valence-electron chi connectivity index (χ0n) is 12.7. The second kappa shape index (κ2) is 5.71. The van der Waals surface area contributed by atoms with Crippen LogP contribution in [0.3, 0.4) is 0 Å². The number of nitrogens with one attached hydrogen (secondary N) is 1. The van der Waals surface area contributed by atoms with Crippen LogP contribution in [-0.2, 0) is 4.74 Å². The van der Waals surface area contributed by atoms with Gasteiger partial charge in [-0.2, -0.15) is 0 Å². The van der Waals surface area contributed by atoms with Crippen molar-refractivity contribution in [2.75, 3.05) is 20.2 Å². The Labute approximate surface area is 118 Å². The van der Waals surface area contributed by atoms with E-state index < -0.39 is 0 Å². The molecule has 2 aliphatic heterocycles. The predicted octanol–water partition coefficient (Wildman–Crippen LogP) is 2.55. The lowest BCUT2D eigenvalue weighted by molar-refractivity contribution is -0.119. The van der Waals surface area contributed by atoms with Crippen LogP contribution in [0.15, 0.2) is 0 Å². The van der Waals surface area contributed by atoms with Gasteiger partial charge in [0.05, 0.1) is 5.60 Å². The van der Waals surface area contributed by atoms with Crippen LogP contribution >= 0.6 is 0 Å². The molecule has 2 heterocycles. The van der Waals surface area contributed by atoms with Gasteiger partial charge in [-0.15, -0.1) is 0 Å². The normalized spacial score (nSPS) is 37.9. The van der Waals surface area contributed by atoms with E-state index >= 15 is 0 Å². The molecule has 2 unspecified atom stereocenters. The van der Waals surface area contributed by atoms with Crippen LogP contribution in [0, 0.1) is 0 Å². The van der Waals surface area contributed by atoms with Crippen LogP contribution in [0.2, 0.25) is 0 Å². The number of fused-ring (bicyclic) bond motifs is 2. The number of hydrogen-bond donors (Lipinski definition) is 1. The number of ether oxygens (including phenoxy) is 1. The number of nitrogens with zero attached hydrogens (tertiary/aromatic N) is 1. The molecule has 3 aliphatic rings. The van der Waals surface area contributed by atoms with Crippen LogP contribution < -0.4 is 5.32 Å². The van der Waals surface area contributed by atoms with Gasteiger partial charge in [0.2, 0.25) is 0 Å². The lowest BCUT2D eigenvalue weighted by Gasteiger charge is -2.54. The molecule has 2 atom stereocenters. The molecule has 2 saturated heterocycles. The summed E-state index contributed by atoms with van der Waals surface area (Å²) in [5, 5.41) is 3.68. The first-order valence-corrected chi connectivity index (χ1v) is 8.30. The Morgan fingerprint density at radius 3 is 2.32 bits per heavy atom. The average molecular weight is 266 g/mol. The third kappa shape index (κ3) is 2.70. The molecular weight excluding hydrogens is 236 g/mol. The van der Waals surface area contributed by atoms with E-state index in [2.05, 4.69) is 17.1 Å². The Morgan fingerprint density at radius 1 is 1.16 bits per heavy atom. The van der Waals surface area contributed by atoms with Gasteiger partial charge in [0.1, 0.15) is 0 Å². The second-order valence-corrected chi connectivity index (χ2v) is 6.88. The minimum atomic E-state index is 0.207. The second-order valence-electron chi connectivity index (χ2n) is 6.88. The fourth-order valence-corrected chi connectivity index (χ4v) is 4.52. The summed E-state index contributed by atoms with van der Waals surface area (Å²) in [6, 6.07) is 2.38. The van der Waals surface area contributed by atoms with E-state index in [1.165, 1.54) is 57.9 Å². The average Bonchev–Trinajstić information content (AvgIpc) is 2.34. The molecule has 19 heavy (non-hydrogen) atoms. The molecule has 0 aromatic carbocycles. The monoisotopic (exact) mass is 266 g/mol. The molecule has 3 nitrogen and oxygen atoms in total. The Hall–Kier alpha value is -0.120. The Balaban J connectivity index is 1.65. The molecule has 3 fully saturated rings. The van der Waals surface area contributed by atoms with Gasteiger partial charge in [-0.25, -0.2) is 0 Å². The summed E-state index contributed by atoms with van der Waals surface area (Å²) >= 11 is 0. The van der Waals surface area contributed by atoms with E-state index in [4.69, 9.17) is 4.74 Å². The zero-order chi connectivity index (χ0) is 13.3. The molecule has 0 amide bonds. The molecule has 3 heteroatoms. The van der Waals surface area contributed by atoms with Crippen molar-refractivity contribution in [2.24, 2.45) is 0 Å². The Morgan fingerprint density at radius 2 is 1.84 bits per heavy atom. The third-order valence-electron chi connectivity index (χ3n) is 5.79.